The van der Waals surface area contributed by atoms with Crippen molar-refractivity contribution in [2.24, 2.45) is 0 Å². The molecule has 19 aliphatic rings. The molecule has 3 unspecified atom stereocenters. The quantitative estimate of drug-likeness (QED) is 0.110. The third-order valence-corrected chi connectivity index (χ3v) is 39.3. The van der Waals surface area contributed by atoms with E-state index in [1.54, 1.807) is 338 Å². The first-order chi connectivity index (χ1) is 58.2. The van der Waals surface area contributed by atoms with Gasteiger partial charge in [-0.15, -0.1) is 0 Å². The summed E-state index contributed by atoms with van der Waals surface area (Å²) in [6, 6.07) is 76.3. The van der Waals surface area contributed by atoms with E-state index >= 15 is 0 Å². The minimum atomic E-state index is -0.761. The largest absolute Gasteiger partial charge is 0.0733 e. The topological polar surface area (TPSA) is 0 Å². The fourth-order valence-electron chi connectivity index (χ4n) is 37.8. The van der Waals surface area contributed by atoms with Gasteiger partial charge in [0, 0.05) is 5.92 Å². The van der Waals surface area contributed by atoms with E-state index < -0.39 is 37.9 Å². The summed E-state index contributed by atoms with van der Waals surface area (Å²) < 4.78 is 0. The zero-order valence-corrected chi connectivity index (χ0v) is 64.3. The zero-order chi connectivity index (χ0) is 73.9. The fourth-order valence-corrected chi connectivity index (χ4v) is 37.8. The summed E-state index contributed by atoms with van der Waals surface area (Å²) in [5.41, 5.74) is 54.7. The molecule has 0 heterocycles. The van der Waals surface area contributed by atoms with Gasteiger partial charge in [-0.3, -0.25) is 0 Å². The molecule has 0 heteroatoms. The Morgan fingerprint density at radius 2 is 0.458 bits per heavy atom. The van der Waals surface area contributed by atoms with Gasteiger partial charge in [-0.05, 0) is 418 Å². The van der Waals surface area contributed by atoms with E-state index in [-0.39, 0.29) is 5.92 Å². The first kappa shape index (κ1) is 52.1. The summed E-state index contributed by atoms with van der Waals surface area (Å²) >= 11 is 0. The van der Waals surface area contributed by atoms with E-state index in [4.69, 9.17) is 0 Å². The van der Waals surface area contributed by atoms with E-state index in [0.717, 1.165) is 0 Å². The first-order valence-electron chi connectivity index (χ1n) is 44.0. The third-order valence-electron chi connectivity index (χ3n) is 39.3. The average Bonchev–Trinajstić information content (AvgIpc) is 1.37. The Morgan fingerprint density at radius 3 is 0.992 bits per heavy atom. The second-order valence-corrected chi connectivity index (χ2v) is 41.6. The number of hydrogen-bond donors (Lipinski definition) is 0. The summed E-state index contributed by atoms with van der Waals surface area (Å²) in [5.74, 6) is 0.000690. The second-order valence-electron chi connectivity index (χ2n) is 41.6. The Balaban J connectivity index is 0.960. The van der Waals surface area contributed by atoms with Crippen LogP contribution in [0.2, 0.25) is 0 Å². The number of allylic oxidation sites excluding steroid dienone is 2. The average molecular weight is 1470 g/mol. The van der Waals surface area contributed by atoms with Crippen molar-refractivity contribution in [1.29, 1.82) is 0 Å². The van der Waals surface area contributed by atoms with Crippen LogP contribution < -0.4 is 5.22 Å². The van der Waals surface area contributed by atoms with E-state index in [2.05, 4.69) is 217 Å². The van der Waals surface area contributed by atoms with Crippen LogP contribution in [0.1, 0.15) is 190 Å². The standard InChI is InChI=1S/C118H48/c1-36-12-24-43(25-13-36)113-92-67-56-53-51-50-49-52-55(53)68(92)78-63-60(52)66-62-54(49)59-57(50)75-76-58(51)61(56)74-71-64(67)79-87-83-84-88-80-65-72-82-85-86-73(65)96(84)116(46-30-18-39(4)19-31-46)103(86)109-90-89(104(100(78)113)118(109,111(105(79)113)108(87)116)48-34-22-41(6)23-35-48)70(63)91(66)112(97(85)90,42-10-8-7-9-11-42)93(82)69(62)81-77(59)99-102(75)117(47-32-20-40(5)21-33-47)101(76)98(74)115(94(71)83,45-28-16-38(3)17-29-45)107(88)110(117)106(80)114(99,95(72)81)44-26-14-37(2)15-27-44/h7-35,91H,1-6H3/t91-,112?,113?,114?,115+,116+,117+,118-/m1/s1. The van der Waals surface area contributed by atoms with Gasteiger partial charge in [0.15, 0.2) is 0 Å². The van der Waals surface area contributed by atoms with Crippen LogP contribution in [0.3, 0.4) is 0 Å². The Kier molecular flexibility index (Phi) is 5.89. The molecule has 0 nitrogen and oxygen atoms in total. The third kappa shape index (κ3) is 3.38. The number of benzene rings is 22. The lowest BCUT2D eigenvalue weighted by Gasteiger charge is -2.55. The molecule has 8 atom stereocenters. The maximum atomic E-state index is 2.74. The molecule has 0 radical (unpaired) electrons. The van der Waals surface area contributed by atoms with Crippen LogP contribution in [-0.4, -0.2) is 0 Å². The molecular formula is C118H48. The maximum Gasteiger partial charge on any atom is 0.0733 e. The summed E-state index contributed by atoms with van der Waals surface area (Å²) in [4.78, 5) is 0. The van der Waals surface area contributed by atoms with E-state index in [1.807, 2.05) is 0 Å². The molecule has 0 saturated heterocycles. The van der Waals surface area contributed by atoms with Crippen molar-refractivity contribution < 1.29 is 0 Å². The monoisotopic (exact) mass is 1460 g/mol. The van der Waals surface area contributed by atoms with Crippen molar-refractivity contribution in [1.82, 2.24) is 0 Å². The lowest BCUT2D eigenvalue weighted by atomic mass is 9.44. The lowest BCUT2D eigenvalue weighted by Crippen LogP contribution is -2.50. The number of aryl methyl sites for hydroxylation is 6. The zero-order valence-electron chi connectivity index (χ0n) is 64.3. The highest BCUT2D eigenvalue weighted by molar-refractivity contribution is 6.69. The van der Waals surface area contributed by atoms with Gasteiger partial charge in [-0.1, -0.05) is 209 Å². The van der Waals surface area contributed by atoms with Gasteiger partial charge in [0.1, 0.15) is 0 Å². The van der Waals surface area contributed by atoms with E-state index in [1.165, 1.54) is 72.3 Å². The first-order valence-corrected chi connectivity index (χ1v) is 44.0. The molecule has 0 amide bonds. The van der Waals surface area contributed by atoms with E-state index in [0.29, 0.717) is 0 Å². The predicted molar refractivity (Wildman–Crippen MR) is 476 cm³/mol. The smallest absolute Gasteiger partial charge is 0.0622 e. The Labute approximate surface area is 666 Å². The van der Waals surface area contributed by atoms with Gasteiger partial charge >= 0.3 is 0 Å². The van der Waals surface area contributed by atoms with Crippen molar-refractivity contribution >= 4 is 194 Å². The van der Waals surface area contributed by atoms with Crippen molar-refractivity contribution in [3.05, 3.63) is 381 Å². The minimum Gasteiger partial charge on any atom is -0.0622 e. The van der Waals surface area contributed by atoms with Gasteiger partial charge in [-0.2, -0.15) is 0 Å². The van der Waals surface area contributed by atoms with Gasteiger partial charge in [-0.25, -0.2) is 0 Å². The van der Waals surface area contributed by atoms with Crippen LogP contribution in [-0.2, 0) is 37.9 Å². The molecular weight excluding hydrogens is 1420 g/mol. The molecule has 19 aliphatic carbocycles. The highest BCUT2D eigenvalue weighted by Gasteiger charge is 2.80. The molecule has 0 saturated carbocycles. The molecule has 25 aromatic rings. The lowest BCUT2D eigenvalue weighted by molar-refractivity contribution is 0.558. The maximum absolute atomic E-state index is 2.74. The van der Waals surface area contributed by atoms with Gasteiger partial charge in [0.2, 0.25) is 0 Å². The highest BCUT2D eigenvalue weighted by Crippen LogP contribution is 2.93. The van der Waals surface area contributed by atoms with Crippen molar-refractivity contribution in [2.45, 2.75) is 85.4 Å². The van der Waals surface area contributed by atoms with Crippen molar-refractivity contribution in [3.63, 3.8) is 0 Å². The van der Waals surface area contributed by atoms with Crippen LogP contribution in [0, 0.1) is 52.0 Å². The van der Waals surface area contributed by atoms with E-state index in [9.17, 15) is 0 Å². The molecule has 0 fully saturated rings. The minimum absolute atomic E-state index is 0.000690. The van der Waals surface area contributed by atoms with Gasteiger partial charge < -0.3 is 0 Å². The molecule has 0 spiro atoms. The number of rotatable bonds is 7. The molecule has 118 heavy (non-hydrogen) atoms. The van der Waals surface area contributed by atoms with Crippen LogP contribution >= 0.6 is 0 Å². The predicted octanol–water partition coefficient (Wildman–Crippen LogP) is 25.5. The molecule has 0 bridgehead atoms. The molecule has 520 valence electrons. The summed E-state index contributed by atoms with van der Waals surface area (Å²) in [5, 5.41) is 59.9. The van der Waals surface area contributed by atoms with Crippen molar-refractivity contribution in [3.8, 4) is 11.1 Å². The Morgan fingerprint density at radius 1 is 0.161 bits per heavy atom. The van der Waals surface area contributed by atoms with Crippen LogP contribution in [0.5, 0.6) is 0 Å². The summed E-state index contributed by atoms with van der Waals surface area (Å²) in [6.45, 7) is 14.2. The molecule has 44 rings (SSSR count). The molecule has 25 aromatic carbocycles. The molecule has 0 aliphatic heterocycles. The second kappa shape index (κ2) is 13.3. The van der Waals surface area contributed by atoms with Crippen molar-refractivity contribution in [2.75, 3.05) is 0 Å². The van der Waals surface area contributed by atoms with Crippen LogP contribution in [0.4, 0.5) is 0 Å². The number of hydrogen-bond acceptors (Lipinski definition) is 0. The summed E-state index contributed by atoms with van der Waals surface area (Å²) in [7, 11) is 0. The Hall–Kier alpha value is -13.5. The van der Waals surface area contributed by atoms with Gasteiger partial charge in [0.25, 0.3) is 0 Å². The van der Waals surface area contributed by atoms with Crippen LogP contribution in [0.25, 0.3) is 205 Å². The Bertz CT molecular complexity index is 10700. The normalized spacial score (nSPS) is 26.3. The molecule has 0 N–H and O–H groups in total. The van der Waals surface area contributed by atoms with Gasteiger partial charge in [0.05, 0.1) is 37.9 Å². The molecule has 0 aromatic heterocycles. The highest BCUT2D eigenvalue weighted by atomic mass is 14.8. The SMILES string of the molecule is Cc1ccc(C23C4=C5C6=c7c4c4c8c9c7=c7c%10c%11c%12c(c%13c%14c%15c(c2c2c%16c3c4c3c4c%16c%16c%17c%18c%19c%20c%21c%22c%23c%19c%19c%24c(c%11c%11c(c%25c(c7%11)[C@]9(c7ccc(C)cc7)c7c(c-%21c(c3c78)C4(c3ccccc3)[C@@H]%20%17)[C@@]%22%25c3ccc(C)cc3)C%23%24c3ccc(C)cc3)c3c%12c%14c4c3c%19c%18c3c%16c2c%15c34)[C@@]5%13c2ccc(C)cc2)[C@@]6%10c2ccc(C)cc2)cc1. The van der Waals surface area contributed by atoms with Crippen LogP contribution in [0.15, 0.2) is 181 Å². The summed E-state index contributed by atoms with van der Waals surface area (Å²) in [6.07, 6.45) is 0. The fraction of sp³-hybridized carbons (Fsp3) is 0.119.